The summed E-state index contributed by atoms with van der Waals surface area (Å²) < 4.78 is 1.32. The van der Waals surface area contributed by atoms with E-state index in [0.29, 0.717) is 0 Å². The molecule has 0 atom stereocenters. The van der Waals surface area contributed by atoms with Crippen molar-refractivity contribution in [3.8, 4) is 0 Å². The molecule has 0 aliphatic heterocycles. The zero-order valence-corrected chi connectivity index (χ0v) is 9.82. The summed E-state index contributed by atoms with van der Waals surface area (Å²) in [5, 5.41) is 1.96. The van der Waals surface area contributed by atoms with Gasteiger partial charge < -0.3 is 0 Å². The van der Waals surface area contributed by atoms with Gasteiger partial charge in [0.25, 0.3) is 0 Å². The summed E-state index contributed by atoms with van der Waals surface area (Å²) in [4.78, 5) is 4.23. The SMILES string of the molecule is Clc1ccc2[c]([Sn])ccnc2c1. The van der Waals surface area contributed by atoms with Gasteiger partial charge in [-0.25, -0.2) is 0 Å². The van der Waals surface area contributed by atoms with Gasteiger partial charge in [0, 0.05) is 0 Å². The van der Waals surface area contributed by atoms with Crippen LogP contribution in [0.3, 0.4) is 0 Å². The molecule has 2 rings (SSSR count). The first-order valence-electron chi connectivity index (χ1n) is 3.53. The molecule has 12 heavy (non-hydrogen) atoms. The molecule has 0 bridgehead atoms. The second-order valence-electron chi connectivity index (χ2n) is 2.52. The minimum absolute atomic E-state index is 0.747. The van der Waals surface area contributed by atoms with Crippen molar-refractivity contribution in [1.82, 2.24) is 4.98 Å². The summed E-state index contributed by atoms with van der Waals surface area (Å²) in [5.74, 6) is 0. The van der Waals surface area contributed by atoms with E-state index >= 15 is 0 Å². The predicted molar refractivity (Wildman–Crippen MR) is 52.1 cm³/mol. The fourth-order valence-electron chi connectivity index (χ4n) is 1.12. The molecule has 1 heterocycles. The standard InChI is InChI=1S/C9H5ClN.Sn/c10-8-4-3-7-2-1-5-11-9(7)6-8;/h1,3-6H;. The van der Waals surface area contributed by atoms with Crippen LogP contribution in [0.1, 0.15) is 0 Å². The van der Waals surface area contributed by atoms with Crippen LogP contribution in [0.15, 0.2) is 30.5 Å². The van der Waals surface area contributed by atoms with Gasteiger partial charge in [0.2, 0.25) is 0 Å². The summed E-state index contributed by atoms with van der Waals surface area (Å²) in [5.41, 5.74) is 0.983. The average molecular weight is 281 g/mol. The van der Waals surface area contributed by atoms with Gasteiger partial charge >= 0.3 is 89.1 Å². The zero-order chi connectivity index (χ0) is 8.55. The van der Waals surface area contributed by atoms with Crippen molar-refractivity contribution in [2.75, 3.05) is 0 Å². The summed E-state index contributed by atoms with van der Waals surface area (Å²) in [7, 11) is 0. The third kappa shape index (κ3) is 1.43. The van der Waals surface area contributed by atoms with Crippen molar-refractivity contribution < 1.29 is 0 Å². The van der Waals surface area contributed by atoms with Gasteiger partial charge in [-0.1, -0.05) is 0 Å². The van der Waals surface area contributed by atoms with Crippen molar-refractivity contribution in [3.63, 3.8) is 0 Å². The van der Waals surface area contributed by atoms with E-state index in [1.165, 1.54) is 31.5 Å². The molecule has 0 spiro atoms. The fraction of sp³-hybridized carbons (Fsp3) is 0. The van der Waals surface area contributed by atoms with E-state index in [9.17, 15) is 0 Å². The third-order valence-electron chi connectivity index (χ3n) is 1.70. The van der Waals surface area contributed by atoms with Gasteiger partial charge in [-0.2, -0.15) is 0 Å². The third-order valence-corrected chi connectivity index (χ3v) is 3.18. The number of benzene rings is 1. The molecule has 3 radical (unpaired) electrons. The van der Waals surface area contributed by atoms with E-state index in [1.807, 2.05) is 30.5 Å². The van der Waals surface area contributed by atoms with E-state index in [-0.39, 0.29) is 0 Å². The Hall–Kier alpha value is -0.281. The number of hydrogen-bond donors (Lipinski definition) is 0. The molecule has 0 aliphatic rings. The Kier molecular flexibility index (Phi) is 2.24. The van der Waals surface area contributed by atoms with Crippen LogP contribution in [-0.2, 0) is 0 Å². The first-order chi connectivity index (χ1) is 5.77. The van der Waals surface area contributed by atoms with Crippen molar-refractivity contribution in [3.05, 3.63) is 35.5 Å². The molecule has 1 nitrogen and oxygen atoms in total. The number of nitrogens with zero attached hydrogens (tertiary/aromatic N) is 1. The number of pyridine rings is 1. The summed E-state index contributed by atoms with van der Waals surface area (Å²) in [6.07, 6.45) is 1.82. The molecule has 57 valence electrons. The van der Waals surface area contributed by atoms with Gasteiger partial charge in [0.05, 0.1) is 0 Å². The molecule has 0 saturated carbocycles. The number of aromatic nitrogens is 1. The zero-order valence-electron chi connectivity index (χ0n) is 6.21. The molecule has 0 N–H and O–H groups in total. The van der Waals surface area contributed by atoms with Crippen LogP contribution in [0, 0.1) is 0 Å². The topological polar surface area (TPSA) is 12.9 Å². The molecule has 0 saturated heterocycles. The van der Waals surface area contributed by atoms with Crippen LogP contribution in [0.4, 0.5) is 0 Å². The number of rotatable bonds is 0. The fourth-order valence-corrected chi connectivity index (χ4v) is 2.10. The normalized spacial score (nSPS) is 10.5. The van der Waals surface area contributed by atoms with Crippen molar-refractivity contribution in [2.24, 2.45) is 0 Å². The molecule has 0 unspecified atom stereocenters. The first kappa shape index (κ1) is 8.32. The molecule has 0 fully saturated rings. The van der Waals surface area contributed by atoms with Gasteiger partial charge in [-0.3, -0.25) is 0 Å². The van der Waals surface area contributed by atoms with Crippen LogP contribution >= 0.6 is 11.6 Å². The first-order valence-corrected chi connectivity index (χ1v) is 5.34. The summed E-state index contributed by atoms with van der Waals surface area (Å²) >= 11 is 7.25. The van der Waals surface area contributed by atoms with E-state index < -0.39 is 0 Å². The maximum atomic E-state index is 5.84. The predicted octanol–water partition coefficient (Wildman–Crippen LogP) is 1.68. The molecule has 3 heteroatoms. The molecule has 1 aromatic heterocycles. The van der Waals surface area contributed by atoms with Crippen molar-refractivity contribution >= 4 is 48.6 Å². The second-order valence-corrected chi connectivity index (χ2v) is 4.49. The number of fused-ring (bicyclic) bond motifs is 1. The van der Waals surface area contributed by atoms with Crippen LogP contribution < -0.4 is 3.58 Å². The Labute approximate surface area is 88.8 Å². The van der Waals surface area contributed by atoms with Crippen LogP contribution in [0.2, 0.25) is 5.02 Å². The van der Waals surface area contributed by atoms with Crippen LogP contribution in [0.5, 0.6) is 0 Å². The van der Waals surface area contributed by atoms with E-state index in [1.54, 1.807) is 0 Å². The minimum atomic E-state index is 0.747. The Balaban J connectivity index is 2.86. The quantitative estimate of drug-likeness (QED) is 0.670. The Bertz CT molecular complexity index is 428. The average Bonchev–Trinajstić information content (AvgIpc) is 2.04. The molecule has 0 aliphatic carbocycles. The van der Waals surface area contributed by atoms with Crippen LogP contribution in [0.25, 0.3) is 10.9 Å². The molecule has 0 amide bonds. The van der Waals surface area contributed by atoms with Gasteiger partial charge in [0.15, 0.2) is 0 Å². The molecular weight excluding hydrogens is 276 g/mol. The maximum absolute atomic E-state index is 5.84. The monoisotopic (exact) mass is 282 g/mol. The Morgan fingerprint density at radius 1 is 1.25 bits per heavy atom. The van der Waals surface area contributed by atoms with Crippen LogP contribution in [-0.4, -0.2) is 27.5 Å². The second kappa shape index (κ2) is 3.22. The number of halogens is 1. The molecule has 2 aromatic rings. The van der Waals surface area contributed by atoms with E-state index in [4.69, 9.17) is 11.6 Å². The van der Waals surface area contributed by atoms with E-state index in [2.05, 4.69) is 4.98 Å². The van der Waals surface area contributed by atoms with Crippen molar-refractivity contribution in [2.45, 2.75) is 0 Å². The Morgan fingerprint density at radius 3 is 2.92 bits per heavy atom. The van der Waals surface area contributed by atoms with Gasteiger partial charge in [0.1, 0.15) is 0 Å². The van der Waals surface area contributed by atoms with Crippen molar-refractivity contribution in [1.29, 1.82) is 0 Å². The van der Waals surface area contributed by atoms with Gasteiger partial charge in [-0.05, 0) is 0 Å². The molecular formula is C9H5ClNSn. The Morgan fingerprint density at radius 2 is 2.08 bits per heavy atom. The summed E-state index contributed by atoms with van der Waals surface area (Å²) in [6, 6.07) is 7.85. The summed E-state index contributed by atoms with van der Waals surface area (Å²) in [6.45, 7) is 0. The number of hydrogen-bond acceptors (Lipinski definition) is 1. The van der Waals surface area contributed by atoms with Gasteiger partial charge in [-0.15, -0.1) is 0 Å². The van der Waals surface area contributed by atoms with E-state index in [0.717, 1.165) is 10.5 Å². The molecule has 1 aromatic carbocycles.